The third kappa shape index (κ3) is 3.01. The molecule has 0 heterocycles. The van der Waals surface area contributed by atoms with E-state index in [9.17, 15) is 4.79 Å². The number of hydrogen-bond donors (Lipinski definition) is 0. The van der Waals surface area contributed by atoms with Crippen molar-refractivity contribution in [3.05, 3.63) is 23.8 Å². The molecule has 4 heteroatoms. The summed E-state index contributed by atoms with van der Waals surface area (Å²) in [5.41, 5.74) is 0.646. The fourth-order valence-electron chi connectivity index (χ4n) is 1.97. The van der Waals surface area contributed by atoms with Crippen LogP contribution in [-0.4, -0.2) is 45.0 Å². The molecule has 0 aliphatic heterocycles. The maximum Gasteiger partial charge on any atom is 0.180 e. The third-order valence-corrected chi connectivity index (χ3v) is 2.98. The van der Waals surface area contributed by atoms with Crippen molar-refractivity contribution in [2.45, 2.75) is 19.4 Å². The maximum absolute atomic E-state index is 12.3. The lowest BCUT2D eigenvalue weighted by Crippen LogP contribution is -2.35. The summed E-state index contributed by atoms with van der Waals surface area (Å²) in [5.74, 6) is 1.31. The number of benzene rings is 1. The summed E-state index contributed by atoms with van der Waals surface area (Å²) in [6.45, 7) is 2.00. The molecule has 0 spiro atoms. The van der Waals surface area contributed by atoms with Crippen molar-refractivity contribution in [2.75, 3.05) is 28.3 Å². The van der Waals surface area contributed by atoms with Crippen LogP contribution in [0.15, 0.2) is 18.2 Å². The van der Waals surface area contributed by atoms with Crippen molar-refractivity contribution < 1.29 is 14.3 Å². The largest absolute Gasteiger partial charge is 0.493 e. The summed E-state index contributed by atoms with van der Waals surface area (Å²) in [5, 5.41) is 0. The van der Waals surface area contributed by atoms with Gasteiger partial charge >= 0.3 is 0 Å². The molecule has 0 saturated carbocycles. The van der Waals surface area contributed by atoms with Crippen molar-refractivity contribution in [3.63, 3.8) is 0 Å². The summed E-state index contributed by atoms with van der Waals surface area (Å²) in [6, 6.07) is 5.15. The monoisotopic (exact) mass is 251 g/mol. The first-order chi connectivity index (χ1) is 8.54. The van der Waals surface area contributed by atoms with E-state index in [0.29, 0.717) is 17.1 Å². The van der Waals surface area contributed by atoms with Gasteiger partial charge in [-0.3, -0.25) is 9.69 Å². The van der Waals surface area contributed by atoms with Gasteiger partial charge in [0.25, 0.3) is 0 Å². The number of likely N-dealkylation sites (N-methyl/N-ethyl adjacent to an activating group) is 1. The zero-order valence-electron chi connectivity index (χ0n) is 11.7. The Balaban J connectivity index is 3.06. The van der Waals surface area contributed by atoms with E-state index in [1.807, 2.05) is 25.9 Å². The molecule has 1 aromatic carbocycles. The number of methoxy groups -OCH3 is 2. The Morgan fingerprint density at radius 2 is 1.83 bits per heavy atom. The molecule has 0 bridgehead atoms. The van der Waals surface area contributed by atoms with Crippen LogP contribution in [0.4, 0.5) is 0 Å². The van der Waals surface area contributed by atoms with Crippen LogP contribution in [0.25, 0.3) is 0 Å². The molecule has 4 nitrogen and oxygen atoms in total. The predicted octanol–water partition coefficient (Wildman–Crippen LogP) is 2.23. The number of hydrogen-bond acceptors (Lipinski definition) is 4. The molecule has 0 amide bonds. The van der Waals surface area contributed by atoms with Crippen molar-refractivity contribution in [3.8, 4) is 11.5 Å². The third-order valence-electron chi connectivity index (χ3n) is 2.98. The number of ketones is 1. The Labute approximate surface area is 108 Å². The molecule has 18 heavy (non-hydrogen) atoms. The van der Waals surface area contributed by atoms with Gasteiger partial charge in [0, 0.05) is 5.56 Å². The van der Waals surface area contributed by atoms with E-state index in [-0.39, 0.29) is 11.8 Å². The zero-order valence-corrected chi connectivity index (χ0v) is 11.7. The standard InChI is InChI=1S/C14H21NO3/c1-6-11(15(2)3)14(16)10-7-8-12(17-4)13(9-10)18-5/h7-9,11H,6H2,1-5H3. The van der Waals surface area contributed by atoms with E-state index in [1.165, 1.54) is 0 Å². The molecule has 0 radical (unpaired) electrons. The smallest absolute Gasteiger partial charge is 0.180 e. The number of Topliss-reactive ketones (excluding diaryl/α,β-unsaturated/α-hetero) is 1. The molecular weight excluding hydrogens is 230 g/mol. The van der Waals surface area contributed by atoms with Crippen LogP contribution in [0.2, 0.25) is 0 Å². The first kappa shape index (κ1) is 14.5. The predicted molar refractivity (Wildman–Crippen MR) is 71.6 cm³/mol. The molecule has 1 rings (SSSR count). The van der Waals surface area contributed by atoms with Crippen molar-refractivity contribution in [1.29, 1.82) is 0 Å². The Hall–Kier alpha value is -1.55. The Bertz CT molecular complexity index is 416. The summed E-state index contributed by atoms with van der Waals surface area (Å²) < 4.78 is 10.4. The molecule has 1 aromatic rings. The zero-order chi connectivity index (χ0) is 13.7. The number of carbonyl (C=O) groups excluding carboxylic acids is 1. The van der Waals surface area contributed by atoms with Crippen LogP contribution in [-0.2, 0) is 0 Å². The van der Waals surface area contributed by atoms with E-state index in [0.717, 1.165) is 6.42 Å². The number of rotatable bonds is 6. The van der Waals surface area contributed by atoms with Crippen molar-refractivity contribution in [2.24, 2.45) is 0 Å². The molecule has 1 unspecified atom stereocenters. The molecule has 0 aromatic heterocycles. The average molecular weight is 251 g/mol. The molecule has 100 valence electrons. The van der Waals surface area contributed by atoms with Gasteiger partial charge in [-0.1, -0.05) is 6.92 Å². The minimum Gasteiger partial charge on any atom is -0.493 e. The highest BCUT2D eigenvalue weighted by atomic mass is 16.5. The van der Waals surface area contributed by atoms with Crippen LogP contribution in [0.3, 0.4) is 0 Å². The van der Waals surface area contributed by atoms with Gasteiger partial charge < -0.3 is 9.47 Å². The maximum atomic E-state index is 12.3. The van der Waals surface area contributed by atoms with Gasteiger partial charge in [-0.25, -0.2) is 0 Å². The van der Waals surface area contributed by atoms with E-state index in [2.05, 4.69) is 0 Å². The minimum absolute atomic E-state index is 0.100. The normalized spacial score (nSPS) is 12.3. The van der Waals surface area contributed by atoms with Crippen LogP contribution in [0, 0.1) is 0 Å². The topological polar surface area (TPSA) is 38.8 Å². The van der Waals surface area contributed by atoms with Crippen LogP contribution < -0.4 is 9.47 Å². The molecule has 0 fully saturated rings. The van der Waals surface area contributed by atoms with Crippen LogP contribution in [0.5, 0.6) is 11.5 Å². The van der Waals surface area contributed by atoms with Gasteiger partial charge in [0.15, 0.2) is 17.3 Å². The lowest BCUT2D eigenvalue weighted by atomic mass is 10.0. The molecule has 1 atom stereocenters. The second-order valence-electron chi connectivity index (χ2n) is 4.32. The average Bonchev–Trinajstić information content (AvgIpc) is 2.38. The van der Waals surface area contributed by atoms with Gasteiger partial charge in [-0.2, -0.15) is 0 Å². The molecule has 0 N–H and O–H groups in total. The summed E-state index contributed by atoms with van der Waals surface area (Å²) in [6.07, 6.45) is 0.778. The van der Waals surface area contributed by atoms with Crippen LogP contribution >= 0.6 is 0 Å². The summed E-state index contributed by atoms with van der Waals surface area (Å²) >= 11 is 0. The molecular formula is C14H21NO3. The number of nitrogens with zero attached hydrogens (tertiary/aromatic N) is 1. The van der Waals surface area contributed by atoms with E-state index in [4.69, 9.17) is 9.47 Å². The number of ether oxygens (including phenoxy) is 2. The van der Waals surface area contributed by atoms with Gasteiger partial charge in [0.2, 0.25) is 0 Å². The summed E-state index contributed by atoms with van der Waals surface area (Å²) in [4.78, 5) is 14.3. The van der Waals surface area contributed by atoms with E-state index >= 15 is 0 Å². The SMILES string of the molecule is CCC(C(=O)c1ccc(OC)c(OC)c1)N(C)C. The van der Waals surface area contributed by atoms with Gasteiger partial charge in [0.05, 0.1) is 20.3 Å². The lowest BCUT2D eigenvalue weighted by molar-refractivity contribution is 0.0871. The van der Waals surface area contributed by atoms with E-state index in [1.54, 1.807) is 32.4 Å². The molecule has 0 aliphatic rings. The first-order valence-electron chi connectivity index (χ1n) is 5.97. The Kier molecular flexibility index (Phi) is 5.16. The molecule has 0 saturated heterocycles. The van der Waals surface area contributed by atoms with Gasteiger partial charge in [-0.05, 0) is 38.7 Å². The Morgan fingerprint density at radius 3 is 2.28 bits per heavy atom. The minimum atomic E-state index is -0.108. The van der Waals surface area contributed by atoms with Crippen molar-refractivity contribution in [1.82, 2.24) is 4.90 Å². The fraction of sp³-hybridized carbons (Fsp3) is 0.500. The highest BCUT2D eigenvalue weighted by Gasteiger charge is 2.21. The Morgan fingerprint density at radius 1 is 1.22 bits per heavy atom. The fourth-order valence-corrected chi connectivity index (χ4v) is 1.97. The second kappa shape index (κ2) is 6.40. The summed E-state index contributed by atoms with van der Waals surface area (Å²) in [7, 11) is 6.96. The van der Waals surface area contributed by atoms with Gasteiger partial charge in [-0.15, -0.1) is 0 Å². The second-order valence-corrected chi connectivity index (χ2v) is 4.32. The van der Waals surface area contributed by atoms with Crippen LogP contribution in [0.1, 0.15) is 23.7 Å². The van der Waals surface area contributed by atoms with E-state index < -0.39 is 0 Å². The first-order valence-corrected chi connectivity index (χ1v) is 5.97. The lowest BCUT2D eigenvalue weighted by Gasteiger charge is -2.21. The highest BCUT2D eigenvalue weighted by molar-refractivity contribution is 6.00. The number of carbonyl (C=O) groups is 1. The van der Waals surface area contributed by atoms with Gasteiger partial charge in [0.1, 0.15) is 0 Å². The molecule has 0 aliphatic carbocycles. The quantitative estimate of drug-likeness (QED) is 0.727. The highest BCUT2D eigenvalue weighted by Crippen LogP contribution is 2.28. The van der Waals surface area contributed by atoms with Crippen molar-refractivity contribution >= 4 is 5.78 Å².